The van der Waals surface area contributed by atoms with Crippen LogP contribution in [0.5, 0.6) is 5.75 Å². The fraction of sp³-hybridized carbons (Fsp3) is 0.200. The van der Waals surface area contributed by atoms with Gasteiger partial charge in [0.2, 0.25) is 0 Å². The number of nitrogens with zero attached hydrogens (tertiary/aromatic N) is 1. The summed E-state index contributed by atoms with van der Waals surface area (Å²) < 4.78 is 6.02. The molecule has 1 atom stereocenters. The van der Waals surface area contributed by atoms with Crippen LogP contribution in [0.4, 0.5) is 0 Å². The third-order valence-electron chi connectivity index (χ3n) is 2.98. The molecular weight excluding hydrogens is 356 g/mol. The Morgan fingerprint density at radius 3 is 2.76 bits per heavy atom. The van der Waals surface area contributed by atoms with E-state index < -0.39 is 0 Å². The molecule has 6 heteroatoms. The summed E-state index contributed by atoms with van der Waals surface area (Å²) in [4.78, 5) is 16.1. The fourth-order valence-corrected chi connectivity index (χ4v) is 2.55. The average molecular weight is 370 g/mol. The van der Waals surface area contributed by atoms with Crippen LogP contribution in [0.2, 0.25) is 5.02 Å². The third-order valence-corrected chi connectivity index (χ3v) is 3.83. The van der Waals surface area contributed by atoms with Crippen molar-refractivity contribution in [2.24, 2.45) is 0 Å². The highest BCUT2D eigenvalue weighted by molar-refractivity contribution is 9.10. The molecule has 0 bridgehead atoms. The average Bonchev–Trinajstić information content (AvgIpc) is 2.47. The van der Waals surface area contributed by atoms with E-state index in [9.17, 15) is 4.79 Å². The van der Waals surface area contributed by atoms with Crippen LogP contribution in [0, 0.1) is 0 Å². The van der Waals surface area contributed by atoms with Crippen molar-refractivity contribution in [1.82, 2.24) is 10.3 Å². The first kappa shape index (κ1) is 15.8. The van der Waals surface area contributed by atoms with Crippen molar-refractivity contribution in [1.29, 1.82) is 0 Å². The van der Waals surface area contributed by atoms with Gasteiger partial charge in [0.25, 0.3) is 5.91 Å². The van der Waals surface area contributed by atoms with Crippen LogP contribution in [-0.2, 0) is 0 Å². The lowest BCUT2D eigenvalue weighted by atomic mass is 10.1. The number of rotatable bonds is 4. The molecule has 2 aromatic rings. The standard InChI is InChI=1S/C15H14BrClN2O2/c1-9(10-3-4-14(21-2)12(16)7-10)19-15(20)13-8-11(17)5-6-18-13/h3-9H,1-2H3,(H,19,20). The Bertz CT molecular complexity index is 664. The normalized spacial score (nSPS) is 11.8. The van der Waals surface area contributed by atoms with Gasteiger partial charge in [-0.3, -0.25) is 9.78 Å². The van der Waals surface area contributed by atoms with Crippen LogP contribution < -0.4 is 10.1 Å². The lowest BCUT2D eigenvalue weighted by Gasteiger charge is -2.15. The third kappa shape index (κ3) is 3.95. The zero-order valence-corrected chi connectivity index (χ0v) is 13.9. The molecule has 0 radical (unpaired) electrons. The number of hydrogen-bond donors (Lipinski definition) is 1. The van der Waals surface area contributed by atoms with Gasteiger partial charge in [0.05, 0.1) is 17.6 Å². The maximum absolute atomic E-state index is 12.1. The van der Waals surface area contributed by atoms with E-state index in [0.717, 1.165) is 15.8 Å². The van der Waals surface area contributed by atoms with E-state index in [1.54, 1.807) is 13.2 Å². The van der Waals surface area contributed by atoms with Crippen molar-refractivity contribution in [3.8, 4) is 5.75 Å². The highest BCUT2D eigenvalue weighted by Gasteiger charge is 2.14. The molecule has 1 N–H and O–H groups in total. The molecule has 1 aromatic heterocycles. The molecule has 21 heavy (non-hydrogen) atoms. The number of carbonyl (C=O) groups is 1. The second kappa shape index (κ2) is 6.91. The largest absolute Gasteiger partial charge is 0.496 e. The van der Waals surface area contributed by atoms with E-state index in [2.05, 4.69) is 26.2 Å². The second-order valence-corrected chi connectivity index (χ2v) is 5.74. The van der Waals surface area contributed by atoms with E-state index in [-0.39, 0.29) is 11.9 Å². The summed E-state index contributed by atoms with van der Waals surface area (Å²) in [5.74, 6) is 0.478. The molecule has 1 unspecified atom stereocenters. The van der Waals surface area contributed by atoms with Gasteiger partial charge in [-0.15, -0.1) is 0 Å². The van der Waals surface area contributed by atoms with Crippen LogP contribution in [0.25, 0.3) is 0 Å². The van der Waals surface area contributed by atoms with E-state index in [4.69, 9.17) is 16.3 Å². The first-order valence-electron chi connectivity index (χ1n) is 6.27. The highest BCUT2D eigenvalue weighted by Crippen LogP contribution is 2.28. The van der Waals surface area contributed by atoms with Gasteiger partial charge in [0.1, 0.15) is 11.4 Å². The summed E-state index contributed by atoms with van der Waals surface area (Å²) in [6, 6.07) is 8.66. The maximum atomic E-state index is 12.1. The Kier molecular flexibility index (Phi) is 5.20. The van der Waals surface area contributed by atoms with Crippen LogP contribution >= 0.6 is 27.5 Å². The number of hydrogen-bond acceptors (Lipinski definition) is 3. The van der Waals surface area contributed by atoms with Gasteiger partial charge in [-0.05, 0) is 52.7 Å². The van der Waals surface area contributed by atoms with Gasteiger partial charge in [0, 0.05) is 11.2 Å². The van der Waals surface area contributed by atoms with Crippen LogP contribution in [0.3, 0.4) is 0 Å². The summed E-state index contributed by atoms with van der Waals surface area (Å²) in [6.45, 7) is 1.90. The first-order chi connectivity index (χ1) is 10.0. The zero-order chi connectivity index (χ0) is 15.4. The number of amides is 1. The molecular formula is C15H14BrClN2O2. The number of carbonyl (C=O) groups excluding carboxylic acids is 1. The van der Waals surface area contributed by atoms with Crippen molar-refractivity contribution < 1.29 is 9.53 Å². The number of aromatic nitrogens is 1. The summed E-state index contributed by atoms with van der Waals surface area (Å²) in [7, 11) is 1.61. The van der Waals surface area contributed by atoms with Crippen molar-refractivity contribution >= 4 is 33.4 Å². The smallest absolute Gasteiger partial charge is 0.270 e. The monoisotopic (exact) mass is 368 g/mol. The molecule has 2 rings (SSSR count). The summed E-state index contributed by atoms with van der Waals surface area (Å²) >= 11 is 9.29. The lowest BCUT2D eigenvalue weighted by molar-refractivity contribution is 0.0935. The van der Waals surface area contributed by atoms with Crippen molar-refractivity contribution in [2.75, 3.05) is 7.11 Å². The second-order valence-electron chi connectivity index (χ2n) is 4.45. The summed E-state index contributed by atoms with van der Waals surface area (Å²) in [5, 5.41) is 3.36. The number of ether oxygens (including phenoxy) is 1. The molecule has 1 heterocycles. The van der Waals surface area contributed by atoms with Crippen LogP contribution in [0.1, 0.15) is 29.0 Å². The Balaban J connectivity index is 2.12. The van der Waals surface area contributed by atoms with Gasteiger partial charge < -0.3 is 10.1 Å². The molecule has 0 saturated carbocycles. The number of nitrogens with one attached hydrogen (secondary N) is 1. The molecule has 0 spiro atoms. The van der Waals surface area contributed by atoms with Crippen LogP contribution in [-0.4, -0.2) is 18.0 Å². The number of benzene rings is 1. The van der Waals surface area contributed by atoms with Gasteiger partial charge >= 0.3 is 0 Å². The van der Waals surface area contributed by atoms with E-state index in [1.807, 2.05) is 25.1 Å². The molecule has 110 valence electrons. The van der Waals surface area contributed by atoms with E-state index in [1.165, 1.54) is 12.3 Å². The van der Waals surface area contributed by atoms with Crippen molar-refractivity contribution in [2.45, 2.75) is 13.0 Å². The Morgan fingerprint density at radius 1 is 1.38 bits per heavy atom. The van der Waals surface area contributed by atoms with Crippen molar-refractivity contribution in [3.05, 3.63) is 57.3 Å². The topological polar surface area (TPSA) is 51.2 Å². The minimum atomic E-state index is -0.267. The Hall–Kier alpha value is -1.59. The highest BCUT2D eigenvalue weighted by atomic mass is 79.9. The zero-order valence-electron chi connectivity index (χ0n) is 11.6. The van der Waals surface area contributed by atoms with E-state index in [0.29, 0.717) is 10.7 Å². The molecule has 0 aliphatic rings. The Labute approximate surface area is 136 Å². The predicted molar refractivity (Wildman–Crippen MR) is 85.8 cm³/mol. The predicted octanol–water partition coefficient (Wildman–Crippen LogP) is 4.00. The number of methoxy groups -OCH3 is 1. The first-order valence-corrected chi connectivity index (χ1v) is 7.44. The lowest BCUT2D eigenvalue weighted by Crippen LogP contribution is -2.27. The van der Waals surface area contributed by atoms with Gasteiger partial charge in [0.15, 0.2) is 0 Å². The maximum Gasteiger partial charge on any atom is 0.270 e. The van der Waals surface area contributed by atoms with E-state index >= 15 is 0 Å². The number of halogens is 2. The quantitative estimate of drug-likeness (QED) is 0.886. The molecule has 0 aliphatic heterocycles. The number of pyridine rings is 1. The molecule has 4 nitrogen and oxygen atoms in total. The minimum absolute atomic E-state index is 0.166. The molecule has 1 amide bonds. The van der Waals surface area contributed by atoms with Gasteiger partial charge in [-0.2, -0.15) is 0 Å². The molecule has 0 saturated heterocycles. The molecule has 0 aliphatic carbocycles. The van der Waals surface area contributed by atoms with Crippen molar-refractivity contribution in [3.63, 3.8) is 0 Å². The van der Waals surface area contributed by atoms with Gasteiger partial charge in [-0.25, -0.2) is 0 Å². The Morgan fingerprint density at radius 2 is 2.14 bits per heavy atom. The van der Waals surface area contributed by atoms with Gasteiger partial charge in [-0.1, -0.05) is 17.7 Å². The SMILES string of the molecule is COc1ccc(C(C)NC(=O)c2cc(Cl)ccn2)cc1Br. The molecule has 1 aromatic carbocycles. The molecule has 0 fully saturated rings. The fourth-order valence-electron chi connectivity index (χ4n) is 1.83. The summed E-state index contributed by atoms with van der Waals surface area (Å²) in [6.07, 6.45) is 1.51. The minimum Gasteiger partial charge on any atom is -0.496 e. The summed E-state index contributed by atoms with van der Waals surface area (Å²) in [5.41, 5.74) is 1.25. The van der Waals surface area contributed by atoms with Crippen LogP contribution in [0.15, 0.2) is 41.0 Å².